The Balaban J connectivity index is 2.52. The van der Waals surface area contributed by atoms with E-state index in [1.165, 1.54) is 6.07 Å². The average Bonchev–Trinajstić information content (AvgIpc) is 2.33. The van der Waals surface area contributed by atoms with E-state index in [4.69, 9.17) is 5.11 Å². The number of carboxylic acids is 1. The first-order valence-corrected chi connectivity index (χ1v) is 5.96. The van der Waals surface area contributed by atoms with Crippen molar-refractivity contribution in [2.24, 2.45) is 0 Å². The number of halogens is 3. The number of alkyl halides is 3. The van der Waals surface area contributed by atoms with Crippen molar-refractivity contribution >= 4 is 16.9 Å². The van der Waals surface area contributed by atoms with Gasteiger partial charge in [-0.25, -0.2) is 0 Å². The summed E-state index contributed by atoms with van der Waals surface area (Å²) in [7, 11) is 0. The van der Waals surface area contributed by atoms with Crippen LogP contribution in [0, 0.1) is 6.92 Å². The maximum absolute atomic E-state index is 12.7. The van der Waals surface area contributed by atoms with Gasteiger partial charge in [0.1, 0.15) is 0 Å². The molecule has 0 saturated heterocycles. The van der Waals surface area contributed by atoms with Gasteiger partial charge in [-0.2, -0.15) is 13.2 Å². The first-order chi connectivity index (χ1) is 9.27. The van der Waals surface area contributed by atoms with Crippen LogP contribution in [0.25, 0.3) is 10.9 Å². The summed E-state index contributed by atoms with van der Waals surface area (Å²) in [5.74, 6) is -0.945. The van der Waals surface area contributed by atoms with Gasteiger partial charge in [0.15, 0.2) is 0 Å². The smallest absolute Gasteiger partial charge is 0.416 e. The van der Waals surface area contributed by atoms with Crippen molar-refractivity contribution in [1.82, 2.24) is 4.98 Å². The Hall–Kier alpha value is -2.11. The summed E-state index contributed by atoms with van der Waals surface area (Å²) in [6.07, 6.45) is -4.22. The van der Waals surface area contributed by atoms with Crippen LogP contribution >= 0.6 is 0 Å². The van der Waals surface area contributed by atoms with Crippen molar-refractivity contribution in [3.8, 4) is 0 Å². The molecule has 0 aliphatic rings. The van der Waals surface area contributed by atoms with Crippen molar-refractivity contribution in [3.63, 3.8) is 0 Å². The summed E-state index contributed by atoms with van der Waals surface area (Å²) < 4.78 is 38.0. The van der Waals surface area contributed by atoms with Gasteiger partial charge in [-0.15, -0.1) is 0 Å². The monoisotopic (exact) mass is 283 g/mol. The first-order valence-electron chi connectivity index (χ1n) is 5.96. The van der Waals surface area contributed by atoms with E-state index in [2.05, 4.69) is 4.98 Å². The number of nitrogens with zero attached hydrogens (tertiary/aromatic N) is 1. The third-order valence-electron chi connectivity index (χ3n) is 2.96. The molecule has 0 atom stereocenters. The van der Waals surface area contributed by atoms with E-state index < -0.39 is 17.7 Å². The number of aromatic nitrogens is 1. The van der Waals surface area contributed by atoms with Crippen molar-refractivity contribution in [2.75, 3.05) is 0 Å². The summed E-state index contributed by atoms with van der Waals surface area (Å²) in [5.41, 5.74) is 0.744. The van der Waals surface area contributed by atoms with Gasteiger partial charge in [0.2, 0.25) is 0 Å². The lowest BCUT2D eigenvalue weighted by atomic mass is 10.0. The van der Waals surface area contributed by atoms with Crippen LogP contribution in [0.3, 0.4) is 0 Å². The molecule has 6 heteroatoms. The second-order valence-electron chi connectivity index (χ2n) is 4.55. The number of hydrogen-bond donors (Lipinski definition) is 1. The molecule has 1 N–H and O–H groups in total. The van der Waals surface area contributed by atoms with Gasteiger partial charge in [0.25, 0.3) is 0 Å². The first kappa shape index (κ1) is 14.3. The highest BCUT2D eigenvalue weighted by Gasteiger charge is 2.30. The van der Waals surface area contributed by atoms with Crippen molar-refractivity contribution in [3.05, 3.63) is 41.1 Å². The zero-order chi connectivity index (χ0) is 14.9. The van der Waals surface area contributed by atoms with Crippen LogP contribution in [0.15, 0.2) is 24.3 Å². The maximum atomic E-state index is 12.7. The van der Waals surface area contributed by atoms with E-state index in [1.54, 1.807) is 13.0 Å². The van der Waals surface area contributed by atoms with Gasteiger partial charge in [-0.3, -0.25) is 9.78 Å². The van der Waals surface area contributed by atoms with Crippen LogP contribution in [0.4, 0.5) is 13.2 Å². The Morgan fingerprint density at radius 3 is 2.60 bits per heavy atom. The summed E-state index contributed by atoms with van der Waals surface area (Å²) in [5, 5.41) is 9.26. The molecule has 106 valence electrons. The minimum absolute atomic E-state index is 0.0699. The fourth-order valence-corrected chi connectivity index (χ4v) is 2.07. The molecule has 1 heterocycles. The minimum Gasteiger partial charge on any atom is -0.481 e. The molecule has 20 heavy (non-hydrogen) atoms. The molecule has 0 spiro atoms. The number of carbonyl (C=O) groups is 1. The predicted molar refractivity (Wildman–Crippen MR) is 67.4 cm³/mol. The van der Waals surface area contributed by atoms with Gasteiger partial charge >= 0.3 is 12.1 Å². The average molecular weight is 283 g/mol. The molecule has 0 aliphatic carbocycles. The molecular weight excluding hydrogens is 271 g/mol. The van der Waals surface area contributed by atoms with Crippen LogP contribution in [0.1, 0.15) is 23.2 Å². The third-order valence-corrected chi connectivity index (χ3v) is 2.96. The number of aliphatic carboxylic acids is 1. The van der Waals surface area contributed by atoms with E-state index in [9.17, 15) is 18.0 Å². The Kier molecular flexibility index (Phi) is 3.65. The highest BCUT2D eigenvalue weighted by molar-refractivity contribution is 5.83. The fourth-order valence-electron chi connectivity index (χ4n) is 2.07. The largest absolute Gasteiger partial charge is 0.481 e. The Morgan fingerprint density at radius 2 is 2.00 bits per heavy atom. The van der Waals surface area contributed by atoms with Gasteiger partial charge < -0.3 is 5.11 Å². The van der Waals surface area contributed by atoms with Gasteiger partial charge in [-0.05, 0) is 37.1 Å². The molecule has 0 saturated carbocycles. The van der Waals surface area contributed by atoms with Gasteiger partial charge in [-0.1, -0.05) is 6.07 Å². The lowest BCUT2D eigenvalue weighted by Crippen LogP contribution is -2.05. The van der Waals surface area contributed by atoms with E-state index >= 15 is 0 Å². The summed E-state index contributed by atoms with van der Waals surface area (Å²) >= 11 is 0. The van der Waals surface area contributed by atoms with E-state index in [0.717, 1.165) is 12.1 Å². The Bertz CT molecular complexity index is 665. The van der Waals surface area contributed by atoms with Crippen LogP contribution in [0.5, 0.6) is 0 Å². The Morgan fingerprint density at radius 1 is 1.30 bits per heavy atom. The maximum Gasteiger partial charge on any atom is 0.416 e. The minimum atomic E-state index is -4.42. The zero-order valence-corrected chi connectivity index (χ0v) is 10.7. The second kappa shape index (κ2) is 5.11. The summed E-state index contributed by atoms with van der Waals surface area (Å²) in [6, 6.07) is 5.04. The molecule has 0 bridgehead atoms. The lowest BCUT2D eigenvalue weighted by molar-refractivity contribution is -0.138. The third kappa shape index (κ3) is 3.07. The molecule has 0 unspecified atom stereocenters. The number of aryl methyl sites for hydroxylation is 2. The standard InChI is InChI=1S/C14H12F3NO2/c1-8-6-9(2-5-13(19)20)11-4-3-10(14(15,16)17)7-12(11)18-8/h3-4,6-7H,2,5H2,1H3,(H,19,20). The van der Waals surface area contributed by atoms with Crippen LogP contribution in [0.2, 0.25) is 0 Å². The zero-order valence-electron chi connectivity index (χ0n) is 10.7. The van der Waals surface area contributed by atoms with Crippen molar-refractivity contribution in [1.29, 1.82) is 0 Å². The molecule has 3 nitrogen and oxygen atoms in total. The SMILES string of the molecule is Cc1cc(CCC(=O)O)c2ccc(C(F)(F)F)cc2n1. The summed E-state index contributed by atoms with van der Waals surface area (Å²) in [4.78, 5) is 14.7. The second-order valence-corrected chi connectivity index (χ2v) is 4.55. The topological polar surface area (TPSA) is 50.2 Å². The van der Waals surface area contributed by atoms with Crippen molar-refractivity contribution < 1.29 is 23.1 Å². The number of pyridine rings is 1. The number of fused-ring (bicyclic) bond motifs is 1. The van der Waals surface area contributed by atoms with Crippen LogP contribution in [-0.4, -0.2) is 16.1 Å². The molecule has 2 aromatic rings. The highest BCUT2D eigenvalue weighted by Crippen LogP contribution is 2.32. The number of rotatable bonds is 3. The molecule has 1 aromatic heterocycles. The molecule has 0 amide bonds. The van der Waals surface area contributed by atoms with Crippen LogP contribution in [-0.2, 0) is 17.4 Å². The Labute approximate surface area is 113 Å². The van der Waals surface area contributed by atoms with E-state index in [0.29, 0.717) is 16.6 Å². The normalized spacial score (nSPS) is 11.8. The fraction of sp³-hybridized carbons (Fsp3) is 0.286. The van der Waals surface area contributed by atoms with Gasteiger partial charge in [0, 0.05) is 17.5 Å². The molecular formula is C14H12F3NO2. The van der Waals surface area contributed by atoms with Crippen LogP contribution < -0.4 is 0 Å². The van der Waals surface area contributed by atoms with E-state index in [1.807, 2.05) is 0 Å². The number of hydrogen-bond acceptors (Lipinski definition) is 2. The lowest BCUT2D eigenvalue weighted by Gasteiger charge is -2.10. The molecule has 0 fully saturated rings. The summed E-state index contributed by atoms with van der Waals surface area (Å²) in [6.45, 7) is 1.67. The number of benzene rings is 1. The molecule has 1 aromatic carbocycles. The predicted octanol–water partition coefficient (Wildman–Crippen LogP) is 3.58. The van der Waals surface area contributed by atoms with Gasteiger partial charge in [0.05, 0.1) is 11.1 Å². The number of carboxylic acid groups (broad SMARTS) is 1. The van der Waals surface area contributed by atoms with E-state index in [-0.39, 0.29) is 18.4 Å². The molecule has 2 rings (SSSR count). The quantitative estimate of drug-likeness (QED) is 0.936. The molecule has 0 radical (unpaired) electrons. The van der Waals surface area contributed by atoms with Crippen molar-refractivity contribution in [2.45, 2.75) is 25.9 Å². The highest BCUT2D eigenvalue weighted by atomic mass is 19.4. The molecule has 0 aliphatic heterocycles.